The van der Waals surface area contributed by atoms with Crippen molar-refractivity contribution in [2.24, 2.45) is 0 Å². The molecule has 0 amide bonds. The Kier molecular flexibility index (Phi) is 2.09. The lowest BCUT2D eigenvalue weighted by molar-refractivity contribution is 0.112. The second kappa shape index (κ2) is 3.81. The lowest BCUT2D eigenvalue weighted by atomic mass is 10.1. The number of pyridine rings is 1. The summed E-state index contributed by atoms with van der Waals surface area (Å²) in [5.74, 6) is 0. The van der Waals surface area contributed by atoms with Crippen molar-refractivity contribution in [3.05, 3.63) is 64.4 Å². The van der Waals surface area contributed by atoms with Crippen LogP contribution in [0.1, 0.15) is 10.4 Å². The van der Waals surface area contributed by atoms with Crippen LogP contribution in [0, 0.1) is 0 Å². The molecule has 0 aliphatic heterocycles. The molecule has 0 radical (unpaired) electrons. The van der Waals surface area contributed by atoms with Gasteiger partial charge in [0.05, 0.1) is 11.1 Å². The van der Waals surface area contributed by atoms with E-state index in [2.05, 4.69) is 0 Å². The fourth-order valence-electron chi connectivity index (χ4n) is 2.62. The van der Waals surface area contributed by atoms with Crippen molar-refractivity contribution in [2.45, 2.75) is 0 Å². The van der Waals surface area contributed by atoms with Crippen LogP contribution in [-0.2, 0) is 0 Å². The predicted molar refractivity (Wildman–Crippen MR) is 76.3 cm³/mol. The fourth-order valence-corrected chi connectivity index (χ4v) is 2.62. The third-order valence-corrected chi connectivity index (χ3v) is 3.51. The molecule has 0 saturated carbocycles. The summed E-state index contributed by atoms with van der Waals surface area (Å²) < 4.78 is 7.15. The van der Waals surface area contributed by atoms with Crippen LogP contribution in [0.5, 0.6) is 0 Å². The van der Waals surface area contributed by atoms with Crippen LogP contribution in [0.2, 0.25) is 0 Å². The Morgan fingerprint density at radius 2 is 1.65 bits per heavy atom. The first-order chi connectivity index (χ1) is 9.81. The van der Waals surface area contributed by atoms with Crippen LogP contribution in [0.4, 0.5) is 0 Å². The largest absolute Gasteiger partial charge is 0.437 e. The second-order valence-electron chi connectivity index (χ2n) is 4.59. The van der Waals surface area contributed by atoms with Crippen LogP contribution >= 0.6 is 0 Å². The Morgan fingerprint density at radius 1 is 0.950 bits per heavy atom. The van der Waals surface area contributed by atoms with E-state index in [0.717, 1.165) is 6.29 Å². The van der Waals surface area contributed by atoms with Gasteiger partial charge < -0.3 is 4.42 Å². The lowest BCUT2D eigenvalue weighted by Crippen LogP contribution is -2.14. The number of fused-ring (bicyclic) bond motifs is 4. The third kappa shape index (κ3) is 1.25. The molecule has 0 spiro atoms. The van der Waals surface area contributed by atoms with E-state index in [4.69, 9.17) is 4.42 Å². The number of carbonyl (C=O) groups excluding carboxylic acids is 1. The fraction of sp³-hybridized carbons (Fsp3) is 0. The molecule has 0 aliphatic rings. The van der Waals surface area contributed by atoms with Gasteiger partial charge in [-0.2, -0.15) is 0 Å². The zero-order valence-corrected chi connectivity index (χ0v) is 10.4. The van der Waals surface area contributed by atoms with Gasteiger partial charge in [0.1, 0.15) is 0 Å². The molecular weight excluding hydrogens is 254 g/mol. The molecule has 2 aromatic heterocycles. The molecule has 2 heterocycles. The maximum atomic E-state index is 12.6. The van der Waals surface area contributed by atoms with Crippen LogP contribution in [0.15, 0.2) is 57.7 Å². The number of rotatable bonds is 1. The van der Waals surface area contributed by atoms with Crippen molar-refractivity contribution in [3.8, 4) is 0 Å². The zero-order chi connectivity index (χ0) is 13.7. The van der Waals surface area contributed by atoms with E-state index >= 15 is 0 Å². The molecule has 0 atom stereocenters. The molecule has 20 heavy (non-hydrogen) atoms. The first kappa shape index (κ1) is 11.0. The van der Waals surface area contributed by atoms with Gasteiger partial charge in [0.15, 0.2) is 11.9 Å². The van der Waals surface area contributed by atoms with Gasteiger partial charge >= 0.3 is 0 Å². The van der Waals surface area contributed by atoms with Crippen LogP contribution < -0.4 is 5.56 Å². The maximum Gasteiger partial charge on any atom is 0.265 e. The van der Waals surface area contributed by atoms with Crippen molar-refractivity contribution in [1.29, 1.82) is 0 Å². The molecule has 0 bridgehead atoms. The normalized spacial score (nSPS) is 11.4. The minimum atomic E-state index is -0.175. The molecule has 96 valence electrons. The summed E-state index contributed by atoms with van der Waals surface area (Å²) in [7, 11) is 0. The molecule has 0 N–H and O–H groups in total. The molecule has 4 rings (SSSR count). The Hall–Kier alpha value is -2.88. The van der Waals surface area contributed by atoms with Crippen LogP contribution in [0.25, 0.3) is 27.6 Å². The summed E-state index contributed by atoms with van der Waals surface area (Å²) in [5, 5.41) is 1.13. The molecule has 0 aliphatic carbocycles. The Balaban J connectivity index is 2.44. The summed E-state index contributed by atoms with van der Waals surface area (Å²) in [4.78, 5) is 24.1. The van der Waals surface area contributed by atoms with Gasteiger partial charge in [-0.25, -0.2) is 4.40 Å². The van der Waals surface area contributed by atoms with Gasteiger partial charge in [-0.15, -0.1) is 0 Å². The Bertz CT molecular complexity index is 1040. The summed E-state index contributed by atoms with van der Waals surface area (Å²) in [6, 6.07) is 14.3. The number of carbonyl (C=O) groups is 1. The zero-order valence-electron chi connectivity index (χ0n) is 10.4. The number of aromatic nitrogens is 1. The van der Waals surface area contributed by atoms with Gasteiger partial charge in [-0.3, -0.25) is 9.59 Å². The quantitative estimate of drug-likeness (QED) is 0.496. The van der Waals surface area contributed by atoms with Crippen molar-refractivity contribution < 1.29 is 9.21 Å². The smallest absolute Gasteiger partial charge is 0.265 e. The van der Waals surface area contributed by atoms with Crippen LogP contribution in [0.3, 0.4) is 0 Å². The average Bonchev–Trinajstić information content (AvgIpc) is 2.87. The van der Waals surface area contributed by atoms with Crippen molar-refractivity contribution in [1.82, 2.24) is 4.40 Å². The predicted octanol–water partition coefficient (Wildman–Crippen LogP) is 3.01. The maximum absolute atomic E-state index is 12.6. The average molecular weight is 263 g/mol. The second-order valence-corrected chi connectivity index (χ2v) is 4.59. The van der Waals surface area contributed by atoms with E-state index in [1.807, 2.05) is 12.1 Å². The van der Waals surface area contributed by atoms with Crippen molar-refractivity contribution in [3.63, 3.8) is 0 Å². The molecular formula is C16H9NO3. The number of benzene rings is 2. The number of oxazole rings is 1. The van der Waals surface area contributed by atoms with Gasteiger partial charge in [-0.05, 0) is 18.2 Å². The van der Waals surface area contributed by atoms with Crippen LogP contribution in [-0.4, -0.2) is 10.7 Å². The van der Waals surface area contributed by atoms with Crippen molar-refractivity contribution in [2.75, 3.05) is 0 Å². The minimum absolute atomic E-state index is 0.175. The van der Waals surface area contributed by atoms with E-state index in [1.165, 1.54) is 4.40 Å². The first-order valence-electron chi connectivity index (χ1n) is 6.21. The Morgan fingerprint density at radius 3 is 2.45 bits per heavy atom. The SMILES string of the molecule is O=Cc1c2ccccc2c(=O)n2c1oc1ccccc12. The van der Waals surface area contributed by atoms with Gasteiger partial charge in [0.25, 0.3) is 5.56 Å². The first-order valence-corrected chi connectivity index (χ1v) is 6.21. The number of hydrogen-bond donors (Lipinski definition) is 0. The summed E-state index contributed by atoms with van der Waals surface area (Å²) >= 11 is 0. The minimum Gasteiger partial charge on any atom is -0.437 e. The number of hydrogen-bond acceptors (Lipinski definition) is 3. The lowest BCUT2D eigenvalue weighted by Gasteiger charge is -2.02. The van der Waals surface area contributed by atoms with Gasteiger partial charge in [0, 0.05) is 10.8 Å². The highest BCUT2D eigenvalue weighted by atomic mass is 16.3. The molecule has 0 saturated heterocycles. The molecule has 0 fully saturated rings. The van der Waals surface area contributed by atoms with E-state index in [-0.39, 0.29) is 5.56 Å². The molecule has 0 unspecified atom stereocenters. The van der Waals surface area contributed by atoms with Gasteiger partial charge in [0.2, 0.25) is 5.71 Å². The standard InChI is InChI=1S/C16H9NO3/c18-9-12-10-5-1-2-6-11(10)15(19)17-13-7-3-4-8-14(13)20-16(12)17/h1-9H. The topological polar surface area (TPSA) is 51.7 Å². The highest BCUT2D eigenvalue weighted by molar-refractivity contribution is 6.04. The number of para-hydroxylation sites is 2. The molecule has 4 aromatic rings. The molecule has 4 heteroatoms. The molecule has 2 aromatic carbocycles. The Labute approximate surface area is 112 Å². The van der Waals surface area contributed by atoms with E-state index in [9.17, 15) is 9.59 Å². The molecule has 4 nitrogen and oxygen atoms in total. The summed E-state index contributed by atoms with van der Waals surface area (Å²) in [6.07, 6.45) is 0.736. The number of aldehydes is 1. The monoisotopic (exact) mass is 263 g/mol. The van der Waals surface area contributed by atoms with Crippen molar-refractivity contribution >= 4 is 33.9 Å². The summed E-state index contributed by atoms with van der Waals surface area (Å²) in [5.41, 5.74) is 1.77. The van der Waals surface area contributed by atoms with E-state index in [1.54, 1.807) is 36.4 Å². The number of nitrogens with zero attached hydrogens (tertiary/aromatic N) is 1. The van der Waals surface area contributed by atoms with Gasteiger partial charge in [-0.1, -0.05) is 30.3 Å². The summed E-state index contributed by atoms with van der Waals surface area (Å²) in [6.45, 7) is 0. The third-order valence-electron chi connectivity index (χ3n) is 3.51. The van der Waals surface area contributed by atoms with E-state index in [0.29, 0.717) is 33.1 Å². The van der Waals surface area contributed by atoms with E-state index < -0.39 is 0 Å². The highest BCUT2D eigenvalue weighted by Crippen LogP contribution is 2.25. The highest BCUT2D eigenvalue weighted by Gasteiger charge is 2.16.